The molecule has 9 heteroatoms. The van der Waals surface area contributed by atoms with Crippen LogP contribution < -0.4 is 0 Å². The maximum atomic E-state index is 13.5. The van der Waals surface area contributed by atoms with E-state index in [4.69, 9.17) is 0 Å². The van der Waals surface area contributed by atoms with E-state index in [9.17, 15) is 21.6 Å². The maximum Gasteiger partial charge on any atom is 0.418 e. The number of nitrogens with zero attached hydrogens (tertiary/aromatic N) is 3. The average molecular weight is 443 g/mol. The van der Waals surface area contributed by atoms with Gasteiger partial charge >= 0.3 is 6.18 Å². The van der Waals surface area contributed by atoms with Crippen molar-refractivity contribution in [2.45, 2.75) is 18.1 Å². The Morgan fingerprint density at radius 2 is 1.61 bits per heavy atom. The summed E-state index contributed by atoms with van der Waals surface area (Å²) in [6, 6.07) is 12.4. The average Bonchev–Trinajstić information content (AvgIpc) is 2.72. The van der Waals surface area contributed by atoms with Crippen molar-refractivity contribution in [2.24, 2.45) is 0 Å². The number of halogens is 3. The van der Waals surface area contributed by atoms with Crippen molar-refractivity contribution in [2.75, 3.05) is 6.26 Å². The van der Waals surface area contributed by atoms with Gasteiger partial charge in [-0.05, 0) is 35.7 Å². The van der Waals surface area contributed by atoms with Crippen LogP contribution in [0.15, 0.2) is 66.1 Å². The van der Waals surface area contributed by atoms with Crippen LogP contribution in [0.5, 0.6) is 0 Å². The van der Waals surface area contributed by atoms with Crippen LogP contribution in [0, 0.1) is 6.92 Å². The number of rotatable bonds is 3. The Labute approximate surface area is 176 Å². The Kier molecular flexibility index (Phi) is 5.01. The van der Waals surface area contributed by atoms with Crippen molar-refractivity contribution in [3.63, 3.8) is 0 Å². The van der Waals surface area contributed by atoms with E-state index in [1.807, 2.05) is 0 Å². The molecule has 0 aliphatic heterocycles. The van der Waals surface area contributed by atoms with Gasteiger partial charge < -0.3 is 0 Å². The van der Waals surface area contributed by atoms with Gasteiger partial charge in [0.25, 0.3) is 0 Å². The smallest absolute Gasteiger partial charge is 0.255 e. The molecule has 0 aliphatic carbocycles. The number of para-hydroxylation sites is 1. The number of aryl methyl sites for hydroxylation is 1. The van der Waals surface area contributed by atoms with Crippen LogP contribution in [-0.4, -0.2) is 29.6 Å². The quantitative estimate of drug-likeness (QED) is 0.413. The van der Waals surface area contributed by atoms with Gasteiger partial charge in [-0.15, -0.1) is 0 Å². The number of sulfone groups is 1. The van der Waals surface area contributed by atoms with Crippen molar-refractivity contribution in [3.05, 3.63) is 72.2 Å². The summed E-state index contributed by atoms with van der Waals surface area (Å²) in [7, 11) is -3.52. The summed E-state index contributed by atoms with van der Waals surface area (Å²) in [6.45, 7) is 1.78. The fourth-order valence-electron chi connectivity index (χ4n) is 3.47. The fraction of sp³-hybridized carbons (Fsp3) is 0.136. The fourth-order valence-corrected chi connectivity index (χ4v) is 4.03. The topological polar surface area (TPSA) is 72.8 Å². The molecule has 5 nitrogen and oxygen atoms in total. The summed E-state index contributed by atoms with van der Waals surface area (Å²) < 4.78 is 64.0. The third kappa shape index (κ3) is 4.00. The van der Waals surface area contributed by atoms with E-state index in [2.05, 4.69) is 15.0 Å². The minimum atomic E-state index is -4.52. The van der Waals surface area contributed by atoms with Gasteiger partial charge in [-0.25, -0.2) is 18.4 Å². The molecule has 0 saturated heterocycles. The SMILES string of the molecule is Cc1cnc2c(C(F)(F)F)cccc2c1-c1cccc(-c2cc(S(C)(=O)=O)ncn2)c1. The number of hydrogen-bond acceptors (Lipinski definition) is 5. The largest absolute Gasteiger partial charge is 0.418 e. The summed E-state index contributed by atoms with van der Waals surface area (Å²) >= 11 is 0. The summed E-state index contributed by atoms with van der Waals surface area (Å²) in [5.74, 6) is 0. The lowest BCUT2D eigenvalue weighted by Crippen LogP contribution is -2.07. The van der Waals surface area contributed by atoms with Crippen molar-refractivity contribution >= 4 is 20.7 Å². The Balaban J connectivity index is 1.92. The van der Waals surface area contributed by atoms with Gasteiger partial charge in [0.05, 0.1) is 16.8 Å². The molecule has 2 heterocycles. The molecule has 31 heavy (non-hydrogen) atoms. The predicted octanol–water partition coefficient (Wildman–Crippen LogP) is 5.09. The molecular weight excluding hydrogens is 427 g/mol. The molecule has 0 amide bonds. The van der Waals surface area contributed by atoms with E-state index in [-0.39, 0.29) is 10.5 Å². The van der Waals surface area contributed by atoms with Crippen molar-refractivity contribution in [1.29, 1.82) is 0 Å². The zero-order chi connectivity index (χ0) is 22.4. The minimum Gasteiger partial charge on any atom is -0.255 e. The summed E-state index contributed by atoms with van der Waals surface area (Å²) in [5, 5.41) is 0.273. The highest BCUT2D eigenvalue weighted by Crippen LogP contribution is 2.38. The molecule has 0 saturated carbocycles. The van der Waals surface area contributed by atoms with Crippen LogP contribution in [0.1, 0.15) is 11.1 Å². The number of aromatic nitrogens is 3. The van der Waals surface area contributed by atoms with Crippen LogP contribution in [-0.2, 0) is 16.0 Å². The molecule has 158 valence electrons. The highest BCUT2D eigenvalue weighted by atomic mass is 32.2. The maximum absolute atomic E-state index is 13.5. The zero-order valence-corrected chi connectivity index (χ0v) is 17.3. The molecule has 2 aromatic heterocycles. The number of alkyl halides is 3. The lowest BCUT2D eigenvalue weighted by atomic mass is 9.94. The Hall–Kier alpha value is -3.33. The molecule has 4 aromatic rings. The first-order valence-electron chi connectivity index (χ1n) is 9.14. The van der Waals surface area contributed by atoms with Gasteiger partial charge in [0.15, 0.2) is 14.9 Å². The van der Waals surface area contributed by atoms with Gasteiger partial charge in [0.2, 0.25) is 0 Å². The van der Waals surface area contributed by atoms with E-state index in [0.717, 1.165) is 12.3 Å². The third-order valence-electron chi connectivity index (χ3n) is 4.86. The lowest BCUT2D eigenvalue weighted by Gasteiger charge is -2.15. The second-order valence-corrected chi connectivity index (χ2v) is 9.07. The van der Waals surface area contributed by atoms with Gasteiger partial charge in [-0.1, -0.05) is 30.3 Å². The Morgan fingerprint density at radius 3 is 2.32 bits per heavy atom. The first kappa shape index (κ1) is 20.9. The molecule has 0 N–H and O–H groups in total. The molecule has 0 aliphatic rings. The Bertz CT molecular complexity index is 1420. The minimum absolute atomic E-state index is 0.108. The molecule has 4 rings (SSSR count). The molecule has 0 spiro atoms. The van der Waals surface area contributed by atoms with E-state index < -0.39 is 21.6 Å². The third-order valence-corrected chi connectivity index (χ3v) is 5.84. The first-order chi connectivity index (χ1) is 14.6. The van der Waals surface area contributed by atoms with E-state index >= 15 is 0 Å². The number of benzene rings is 2. The summed E-state index contributed by atoms with van der Waals surface area (Å²) in [6.07, 6.45) is -0.878. The Morgan fingerprint density at radius 1 is 0.903 bits per heavy atom. The van der Waals surface area contributed by atoms with Crippen LogP contribution in [0.25, 0.3) is 33.3 Å². The molecule has 0 bridgehead atoms. The highest BCUT2D eigenvalue weighted by Gasteiger charge is 2.33. The van der Waals surface area contributed by atoms with E-state index in [1.54, 1.807) is 37.3 Å². The molecule has 0 unspecified atom stereocenters. The predicted molar refractivity (Wildman–Crippen MR) is 111 cm³/mol. The lowest BCUT2D eigenvalue weighted by molar-refractivity contribution is -0.136. The molecule has 0 atom stereocenters. The van der Waals surface area contributed by atoms with Crippen LogP contribution in [0.3, 0.4) is 0 Å². The van der Waals surface area contributed by atoms with E-state index in [1.165, 1.54) is 24.7 Å². The highest BCUT2D eigenvalue weighted by molar-refractivity contribution is 7.90. The van der Waals surface area contributed by atoms with Gasteiger partial charge in [-0.2, -0.15) is 13.2 Å². The number of hydrogen-bond donors (Lipinski definition) is 0. The molecule has 0 fully saturated rings. The van der Waals surface area contributed by atoms with Crippen LogP contribution in [0.4, 0.5) is 13.2 Å². The van der Waals surface area contributed by atoms with Gasteiger partial charge in [0, 0.05) is 29.5 Å². The first-order valence-corrected chi connectivity index (χ1v) is 11.0. The van der Waals surface area contributed by atoms with Gasteiger partial charge in [0.1, 0.15) is 6.33 Å². The molecular formula is C22H16F3N3O2S. The van der Waals surface area contributed by atoms with Gasteiger partial charge in [-0.3, -0.25) is 4.98 Å². The molecule has 0 radical (unpaired) electrons. The van der Waals surface area contributed by atoms with Crippen LogP contribution >= 0.6 is 0 Å². The van der Waals surface area contributed by atoms with Crippen molar-refractivity contribution in [3.8, 4) is 22.4 Å². The van der Waals surface area contributed by atoms with Crippen molar-refractivity contribution < 1.29 is 21.6 Å². The summed E-state index contributed by atoms with van der Waals surface area (Å²) in [5.41, 5.74) is 2.09. The number of pyridine rings is 1. The monoisotopic (exact) mass is 443 g/mol. The van der Waals surface area contributed by atoms with Crippen molar-refractivity contribution in [1.82, 2.24) is 15.0 Å². The zero-order valence-electron chi connectivity index (χ0n) is 16.5. The van der Waals surface area contributed by atoms with Crippen LogP contribution in [0.2, 0.25) is 0 Å². The van der Waals surface area contributed by atoms with E-state index in [0.29, 0.717) is 33.3 Å². The molecule has 2 aromatic carbocycles. The standard InChI is InChI=1S/C22H16F3N3O2S/c1-13-11-26-21-16(7-4-8-17(21)22(23,24)25)20(13)15-6-3-5-14(9-15)18-10-19(28-12-27-18)31(2,29)30/h3-12H,1-2H3. The second kappa shape index (κ2) is 7.42. The normalized spacial score (nSPS) is 12.3. The second-order valence-electron chi connectivity index (χ2n) is 7.11. The summed E-state index contributed by atoms with van der Waals surface area (Å²) in [4.78, 5) is 12.0. The number of fused-ring (bicyclic) bond motifs is 1.